The van der Waals surface area contributed by atoms with Crippen molar-refractivity contribution >= 4 is 27.6 Å². The van der Waals surface area contributed by atoms with Crippen LogP contribution in [0.1, 0.15) is 16.7 Å². The molecule has 0 saturated carbocycles. The zero-order valence-corrected chi connectivity index (χ0v) is 17.8. The summed E-state index contributed by atoms with van der Waals surface area (Å²) in [4.78, 5) is 0. The van der Waals surface area contributed by atoms with Gasteiger partial charge in [-0.05, 0) is 71.3 Å². The Bertz CT molecular complexity index is 1040. The second-order valence-electron chi connectivity index (χ2n) is 6.22. The standard InChI is InChI=1S/C24H20BrNO3/c1-27-22-10-6-19(7-11-22)20(15-26)13-18-5-12-23(24(14-18)28-2)29-16-17-3-8-21(25)9-4-17/h3-14H,16H2,1-2H3/b20-13+. The number of ether oxygens (including phenoxy) is 3. The Balaban J connectivity index is 1.80. The summed E-state index contributed by atoms with van der Waals surface area (Å²) in [6, 6.07) is 23.2. The second kappa shape index (κ2) is 9.81. The summed E-state index contributed by atoms with van der Waals surface area (Å²) in [7, 11) is 3.21. The highest BCUT2D eigenvalue weighted by atomic mass is 79.9. The van der Waals surface area contributed by atoms with Crippen molar-refractivity contribution < 1.29 is 14.2 Å². The van der Waals surface area contributed by atoms with E-state index in [-0.39, 0.29) is 0 Å². The first-order chi connectivity index (χ1) is 14.1. The van der Waals surface area contributed by atoms with Crippen molar-refractivity contribution in [3.8, 4) is 23.3 Å². The number of benzene rings is 3. The highest BCUT2D eigenvalue weighted by molar-refractivity contribution is 9.10. The molecular weight excluding hydrogens is 430 g/mol. The second-order valence-corrected chi connectivity index (χ2v) is 7.14. The smallest absolute Gasteiger partial charge is 0.161 e. The van der Waals surface area contributed by atoms with Crippen LogP contribution >= 0.6 is 15.9 Å². The maximum atomic E-state index is 9.57. The van der Waals surface area contributed by atoms with E-state index in [1.165, 1.54) is 0 Å². The lowest BCUT2D eigenvalue weighted by Gasteiger charge is -2.12. The number of rotatable bonds is 7. The number of hydrogen-bond donors (Lipinski definition) is 0. The quantitative estimate of drug-likeness (QED) is 0.322. The third kappa shape index (κ3) is 5.40. The Morgan fingerprint density at radius 1 is 0.931 bits per heavy atom. The fourth-order valence-corrected chi connectivity index (χ4v) is 3.02. The summed E-state index contributed by atoms with van der Waals surface area (Å²) >= 11 is 3.43. The molecule has 0 fully saturated rings. The van der Waals surface area contributed by atoms with Gasteiger partial charge in [0.2, 0.25) is 0 Å². The van der Waals surface area contributed by atoms with Crippen LogP contribution in [0.5, 0.6) is 17.2 Å². The number of hydrogen-bond acceptors (Lipinski definition) is 4. The van der Waals surface area contributed by atoms with Crippen molar-refractivity contribution in [2.75, 3.05) is 14.2 Å². The fourth-order valence-electron chi connectivity index (χ4n) is 2.75. The predicted octanol–water partition coefficient (Wildman–Crippen LogP) is 6.11. The first-order valence-electron chi connectivity index (χ1n) is 8.94. The molecule has 0 bridgehead atoms. The number of allylic oxidation sites excluding steroid dienone is 1. The van der Waals surface area contributed by atoms with E-state index in [9.17, 15) is 5.26 Å². The van der Waals surface area contributed by atoms with Crippen molar-refractivity contribution in [2.24, 2.45) is 0 Å². The number of methoxy groups -OCH3 is 2. The average molecular weight is 450 g/mol. The Labute approximate surface area is 179 Å². The van der Waals surface area contributed by atoms with Gasteiger partial charge in [0.15, 0.2) is 11.5 Å². The SMILES string of the molecule is COc1ccc(/C(C#N)=C/c2ccc(OCc3ccc(Br)cc3)c(OC)c2)cc1. The van der Waals surface area contributed by atoms with E-state index >= 15 is 0 Å². The van der Waals surface area contributed by atoms with E-state index in [2.05, 4.69) is 22.0 Å². The molecule has 0 unspecified atom stereocenters. The van der Waals surface area contributed by atoms with Crippen molar-refractivity contribution in [1.82, 2.24) is 0 Å². The van der Waals surface area contributed by atoms with Gasteiger partial charge >= 0.3 is 0 Å². The normalized spacial score (nSPS) is 10.9. The summed E-state index contributed by atoms with van der Waals surface area (Å²) in [6.45, 7) is 0.439. The lowest BCUT2D eigenvalue weighted by Crippen LogP contribution is -1.98. The topological polar surface area (TPSA) is 51.5 Å². The highest BCUT2D eigenvalue weighted by Gasteiger charge is 2.08. The van der Waals surface area contributed by atoms with Crippen molar-refractivity contribution in [3.05, 3.63) is 87.9 Å². The Morgan fingerprint density at radius 2 is 1.66 bits per heavy atom. The summed E-state index contributed by atoms with van der Waals surface area (Å²) < 4.78 is 17.6. The average Bonchev–Trinajstić information content (AvgIpc) is 2.77. The summed E-state index contributed by atoms with van der Waals surface area (Å²) in [5.41, 5.74) is 3.29. The third-order valence-corrected chi connectivity index (χ3v) is 4.86. The zero-order valence-electron chi connectivity index (χ0n) is 16.2. The van der Waals surface area contributed by atoms with Gasteiger partial charge in [-0.2, -0.15) is 5.26 Å². The molecule has 0 N–H and O–H groups in total. The van der Waals surface area contributed by atoms with E-state index in [1.54, 1.807) is 14.2 Å². The van der Waals surface area contributed by atoms with Crippen LogP contribution < -0.4 is 14.2 Å². The molecule has 0 aliphatic carbocycles. The van der Waals surface area contributed by atoms with Crippen LogP contribution in [0.3, 0.4) is 0 Å². The predicted molar refractivity (Wildman–Crippen MR) is 118 cm³/mol. The molecule has 0 heterocycles. The first-order valence-corrected chi connectivity index (χ1v) is 9.73. The van der Waals surface area contributed by atoms with Crippen LogP contribution in [0.2, 0.25) is 0 Å². The summed E-state index contributed by atoms with van der Waals surface area (Å²) in [6.07, 6.45) is 1.82. The van der Waals surface area contributed by atoms with Crippen molar-refractivity contribution in [1.29, 1.82) is 5.26 Å². The number of halogens is 1. The molecule has 0 saturated heterocycles. The molecule has 0 amide bonds. The number of nitriles is 1. The molecule has 0 spiro atoms. The van der Waals surface area contributed by atoms with Gasteiger partial charge < -0.3 is 14.2 Å². The van der Waals surface area contributed by atoms with Crippen LogP contribution in [0.25, 0.3) is 11.6 Å². The van der Waals surface area contributed by atoms with Gasteiger partial charge in [-0.25, -0.2) is 0 Å². The maximum Gasteiger partial charge on any atom is 0.161 e. The Hall–Kier alpha value is -3.23. The lowest BCUT2D eigenvalue weighted by molar-refractivity contribution is 0.284. The molecule has 5 heteroatoms. The van der Waals surface area contributed by atoms with Gasteiger partial charge in [0.05, 0.1) is 25.9 Å². The van der Waals surface area contributed by atoms with Crippen LogP contribution in [0, 0.1) is 11.3 Å². The molecule has 0 aliphatic rings. The van der Waals surface area contributed by atoms with Gasteiger partial charge in [-0.3, -0.25) is 0 Å². The van der Waals surface area contributed by atoms with E-state index in [0.717, 1.165) is 26.9 Å². The van der Waals surface area contributed by atoms with Crippen LogP contribution in [-0.4, -0.2) is 14.2 Å². The molecule has 3 aromatic carbocycles. The molecule has 29 heavy (non-hydrogen) atoms. The largest absolute Gasteiger partial charge is 0.497 e. The summed E-state index contributed by atoms with van der Waals surface area (Å²) in [5.74, 6) is 2.01. The molecule has 0 aliphatic heterocycles. The van der Waals surface area contributed by atoms with Gasteiger partial charge in [-0.1, -0.05) is 34.1 Å². The molecular formula is C24H20BrNO3. The molecule has 3 rings (SSSR count). The third-order valence-electron chi connectivity index (χ3n) is 4.33. The van der Waals surface area contributed by atoms with E-state index in [1.807, 2.05) is 72.8 Å². The van der Waals surface area contributed by atoms with Gasteiger partial charge in [-0.15, -0.1) is 0 Å². The first kappa shape index (κ1) is 20.5. The van der Waals surface area contributed by atoms with Crippen LogP contribution in [0.4, 0.5) is 0 Å². The van der Waals surface area contributed by atoms with E-state index < -0.39 is 0 Å². The minimum atomic E-state index is 0.439. The Morgan fingerprint density at radius 3 is 2.28 bits per heavy atom. The maximum absolute atomic E-state index is 9.57. The minimum Gasteiger partial charge on any atom is -0.497 e. The molecule has 0 radical (unpaired) electrons. The fraction of sp³-hybridized carbons (Fsp3) is 0.125. The highest BCUT2D eigenvalue weighted by Crippen LogP contribution is 2.31. The molecule has 4 nitrogen and oxygen atoms in total. The zero-order chi connectivity index (χ0) is 20.6. The van der Waals surface area contributed by atoms with Gasteiger partial charge in [0.25, 0.3) is 0 Å². The minimum absolute atomic E-state index is 0.439. The lowest BCUT2D eigenvalue weighted by atomic mass is 10.0. The van der Waals surface area contributed by atoms with Crippen LogP contribution in [0.15, 0.2) is 71.2 Å². The Kier molecular flexibility index (Phi) is 6.94. The molecule has 146 valence electrons. The van der Waals surface area contributed by atoms with Gasteiger partial charge in [0, 0.05) is 4.47 Å². The van der Waals surface area contributed by atoms with Crippen molar-refractivity contribution in [2.45, 2.75) is 6.61 Å². The van der Waals surface area contributed by atoms with E-state index in [0.29, 0.717) is 23.7 Å². The van der Waals surface area contributed by atoms with E-state index in [4.69, 9.17) is 14.2 Å². The monoisotopic (exact) mass is 449 g/mol. The summed E-state index contributed by atoms with van der Waals surface area (Å²) in [5, 5.41) is 9.57. The van der Waals surface area contributed by atoms with Crippen molar-refractivity contribution in [3.63, 3.8) is 0 Å². The van der Waals surface area contributed by atoms with Gasteiger partial charge in [0.1, 0.15) is 12.4 Å². The molecule has 3 aromatic rings. The molecule has 0 aromatic heterocycles. The molecule has 0 atom stereocenters. The van der Waals surface area contributed by atoms with Crippen LogP contribution in [-0.2, 0) is 6.61 Å². The number of nitrogens with zero attached hydrogens (tertiary/aromatic N) is 1.